The molecule has 1 saturated heterocycles. The number of carbonyl (C=O) groups excluding carboxylic acids is 2. The molecule has 29 heavy (non-hydrogen) atoms. The molecule has 2 heterocycles. The lowest BCUT2D eigenvalue weighted by atomic mass is 10.1. The van der Waals surface area contributed by atoms with Gasteiger partial charge in [0.15, 0.2) is 5.13 Å². The van der Waals surface area contributed by atoms with E-state index in [0.717, 1.165) is 24.9 Å². The Morgan fingerprint density at radius 1 is 1.28 bits per heavy atom. The Bertz CT molecular complexity index is 1050. The van der Waals surface area contributed by atoms with Gasteiger partial charge in [0.25, 0.3) is 0 Å². The Kier molecular flexibility index (Phi) is 5.58. The molecule has 1 fully saturated rings. The molecule has 1 unspecified atom stereocenters. The van der Waals surface area contributed by atoms with Crippen molar-refractivity contribution in [1.29, 1.82) is 0 Å². The first-order valence-electron chi connectivity index (χ1n) is 9.79. The molecule has 0 aliphatic carbocycles. The van der Waals surface area contributed by atoms with E-state index in [1.807, 2.05) is 24.3 Å². The molecule has 2 amide bonds. The zero-order chi connectivity index (χ0) is 20.4. The molecule has 7 heteroatoms. The Hall–Kier alpha value is -2.80. The molecular formula is C22H22FN3O2S. The fourth-order valence-corrected chi connectivity index (χ4v) is 4.41. The number of hydrogen-bond donors (Lipinski definition) is 1. The van der Waals surface area contributed by atoms with Gasteiger partial charge in [-0.05, 0) is 48.7 Å². The van der Waals surface area contributed by atoms with Gasteiger partial charge in [-0.25, -0.2) is 9.37 Å². The highest BCUT2D eigenvalue weighted by molar-refractivity contribution is 7.22. The molecule has 1 N–H and O–H groups in total. The molecule has 0 spiro atoms. The Balaban J connectivity index is 1.41. The van der Waals surface area contributed by atoms with Crippen molar-refractivity contribution >= 4 is 44.2 Å². The first-order valence-corrected chi connectivity index (χ1v) is 10.6. The number of nitrogens with zero attached hydrogens (tertiary/aromatic N) is 2. The zero-order valence-electron chi connectivity index (χ0n) is 16.2. The van der Waals surface area contributed by atoms with E-state index < -0.39 is 5.92 Å². The molecule has 0 bridgehead atoms. The van der Waals surface area contributed by atoms with Gasteiger partial charge in [-0.15, -0.1) is 0 Å². The van der Waals surface area contributed by atoms with Gasteiger partial charge in [-0.2, -0.15) is 0 Å². The molecule has 0 radical (unpaired) electrons. The van der Waals surface area contributed by atoms with Crippen LogP contribution in [-0.2, 0) is 16.0 Å². The van der Waals surface area contributed by atoms with Crippen LogP contribution in [0.25, 0.3) is 10.2 Å². The summed E-state index contributed by atoms with van der Waals surface area (Å²) < 4.78 is 14.0. The van der Waals surface area contributed by atoms with Crippen LogP contribution in [0, 0.1) is 11.7 Å². The second-order valence-electron chi connectivity index (χ2n) is 7.30. The lowest BCUT2D eigenvalue weighted by Gasteiger charge is -2.17. The molecule has 1 aliphatic rings. The maximum Gasteiger partial charge on any atom is 0.231 e. The van der Waals surface area contributed by atoms with Gasteiger partial charge >= 0.3 is 0 Å². The third kappa shape index (κ3) is 4.29. The van der Waals surface area contributed by atoms with Crippen LogP contribution in [0.5, 0.6) is 0 Å². The smallest absolute Gasteiger partial charge is 0.231 e. The summed E-state index contributed by atoms with van der Waals surface area (Å²) in [4.78, 5) is 31.1. The third-order valence-electron chi connectivity index (χ3n) is 5.14. The monoisotopic (exact) mass is 411 g/mol. The lowest BCUT2D eigenvalue weighted by molar-refractivity contribution is -0.122. The molecule has 1 atom stereocenters. The Morgan fingerprint density at radius 3 is 2.83 bits per heavy atom. The number of benzene rings is 2. The summed E-state index contributed by atoms with van der Waals surface area (Å²) in [5, 5.41) is 3.20. The second-order valence-corrected chi connectivity index (χ2v) is 8.33. The Morgan fingerprint density at radius 2 is 2.07 bits per heavy atom. The molecule has 150 valence electrons. The van der Waals surface area contributed by atoms with E-state index in [9.17, 15) is 14.0 Å². The highest BCUT2D eigenvalue weighted by Crippen LogP contribution is 2.29. The first-order chi connectivity index (χ1) is 14.0. The number of anilines is 2. The van der Waals surface area contributed by atoms with E-state index in [1.165, 1.54) is 29.0 Å². The topological polar surface area (TPSA) is 62.3 Å². The number of unbranched alkanes of at least 4 members (excludes halogenated alkanes) is 1. The van der Waals surface area contributed by atoms with Crippen molar-refractivity contribution in [3.63, 3.8) is 0 Å². The van der Waals surface area contributed by atoms with Gasteiger partial charge in [0, 0.05) is 18.7 Å². The van der Waals surface area contributed by atoms with Crippen molar-refractivity contribution in [2.45, 2.75) is 32.6 Å². The number of aromatic nitrogens is 1. The van der Waals surface area contributed by atoms with E-state index in [1.54, 1.807) is 11.0 Å². The van der Waals surface area contributed by atoms with Crippen LogP contribution in [0.1, 0.15) is 31.7 Å². The normalized spacial score (nSPS) is 16.6. The van der Waals surface area contributed by atoms with Crippen LogP contribution in [-0.4, -0.2) is 23.3 Å². The summed E-state index contributed by atoms with van der Waals surface area (Å²) in [6.07, 6.45) is 3.49. The molecule has 1 aliphatic heterocycles. The summed E-state index contributed by atoms with van der Waals surface area (Å²) >= 11 is 1.22. The van der Waals surface area contributed by atoms with Crippen molar-refractivity contribution in [3.8, 4) is 0 Å². The van der Waals surface area contributed by atoms with Crippen molar-refractivity contribution in [3.05, 3.63) is 53.8 Å². The molecule has 2 aromatic carbocycles. The Labute approximate surface area is 172 Å². The summed E-state index contributed by atoms with van der Waals surface area (Å²) in [5.41, 5.74) is 2.71. The molecule has 4 rings (SSSR count). The predicted octanol–water partition coefficient (Wildman–Crippen LogP) is 4.77. The van der Waals surface area contributed by atoms with Crippen LogP contribution in [0.2, 0.25) is 0 Å². The van der Waals surface area contributed by atoms with E-state index in [2.05, 4.69) is 17.2 Å². The summed E-state index contributed by atoms with van der Waals surface area (Å²) in [6, 6.07) is 12.3. The van der Waals surface area contributed by atoms with Crippen LogP contribution < -0.4 is 10.2 Å². The molecular weight excluding hydrogens is 389 g/mol. The predicted molar refractivity (Wildman–Crippen MR) is 114 cm³/mol. The summed E-state index contributed by atoms with van der Waals surface area (Å²) in [5.74, 6) is -1.07. The lowest BCUT2D eigenvalue weighted by Crippen LogP contribution is -2.28. The van der Waals surface area contributed by atoms with Crippen LogP contribution >= 0.6 is 11.3 Å². The minimum absolute atomic E-state index is 0.0576. The number of fused-ring (bicyclic) bond motifs is 1. The number of halogens is 1. The number of carbonyl (C=O) groups is 2. The highest BCUT2D eigenvalue weighted by atomic mass is 32.1. The summed E-state index contributed by atoms with van der Waals surface area (Å²) in [7, 11) is 0. The largest absolute Gasteiger partial charge is 0.312 e. The van der Waals surface area contributed by atoms with Gasteiger partial charge in [0.1, 0.15) is 5.82 Å². The van der Waals surface area contributed by atoms with Gasteiger partial charge in [-0.3, -0.25) is 9.59 Å². The standard InChI is InChI=1S/C22H22FN3O2S/c1-2-3-4-14-5-8-17(9-6-14)26-13-15(11-20(26)27)21(28)25-22-24-18-10-7-16(23)12-19(18)29-22/h5-10,12,15H,2-4,11,13H2,1H3,(H,24,25,28). The average Bonchev–Trinajstić information content (AvgIpc) is 3.29. The maximum atomic E-state index is 13.3. The van der Waals surface area contributed by atoms with Crippen molar-refractivity contribution in [2.75, 3.05) is 16.8 Å². The van der Waals surface area contributed by atoms with Gasteiger partial charge in [0.2, 0.25) is 11.8 Å². The minimum atomic E-state index is -0.439. The highest BCUT2D eigenvalue weighted by Gasteiger charge is 2.35. The van der Waals surface area contributed by atoms with E-state index >= 15 is 0 Å². The van der Waals surface area contributed by atoms with Crippen molar-refractivity contribution in [2.24, 2.45) is 5.92 Å². The fraction of sp³-hybridized carbons (Fsp3) is 0.318. The number of nitrogens with one attached hydrogen (secondary N) is 1. The summed E-state index contributed by atoms with van der Waals surface area (Å²) in [6.45, 7) is 2.51. The molecule has 5 nitrogen and oxygen atoms in total. The number of amides is 2. The van der Waals surface area contributed by atoms with Crippen molar-refractivity contribution < 1.29 is 14.0 Å². The van der Waals surface area contributed by atoms with Gasteiger partial charge in [-0.1, -0.05) is 36.8 Å². The van der Waals surface area contributed by atoms with E-state index in [0.29, 0.717) is 21.9 Å². The van der Waals surface area contributed by atoms with E-state index in [-0.39, 0.29) is 24.1 Å². The molecule has 3 aromatic rings. The van der Waals surface area contributed by atoms with Gasteiger partial charge in [0.05, 0.1) is 16.1 Å². The van der Waals surface area contributed by atoms with Crippen LogP contribution in [0.15, 0.2) is 42.5 Å². The first kappa shape index (κ1) is 19.5. The van der Waals surface area contributed by atoms with Crippen molar-refractivity contribution in [1.82, 2.24) is 4.98 Å². The number of thiazole rings is 1. The van der Waals surface area contributed by atoms with Crippen LogP contribution in [0.3, 0.4) is 0 Å². The van der Waals surface area contributed by atoms with E-state index in [4.69, 9.17) is 0 Å². The quantitative estimate of drug-likeness (QED) is 0.636. The third-order valence-corrected chi connectivity index (χ3v) is 6.08. The molecule has 0 saturated carbocycles. The molecule has 1 aromatic heterocycles. The van der Waals surface area contributed by atoms with Gasteiger partial charge < -0.3 is 10.2 Å². The second kappa shape index (κ2) is 8.29. The number of hydrogen-bond acceptors (Lipinski definition) is 4. The SMILES string of the molecule is CCCCc1ccc(N2CC(C(=O)Nc3nc4ccc(F)cc4s3)CC2=O)cc1. The zero-order valence-corrected chi connectivity index (χ0v) is 17.0. The number of rotatable bonds is 6. The van der Waals surface area contributed by atoms with Crippen LogP contribution in [0.4, 0.5) is 15.2 Å². The fourth-order valence-electron chi connectivity index (χ4n) is 3.52. The average molecular weight is 412 g/mol. The number of aryl methyl sites for hydroxylation is 1. The minimum Gasteiger partial charge on any atom is -0.312 e. The maximum absolute atomic E-state index is 13.3.